The van der Waals surface area contributed by atoms with Gasteiger partial charge < -0.3 is 5.32 Å². The predicted octanol–water partition coefficient (Wildman–Crippen LogP) is 2.89. The van der Waals surface area contributed by atoms with Crippen molar-refractivity contribution in [3.63, 3.8) is 0 Å². The molecule has 0 saturated heterocycles. The van der Waals surface area contributed by atoms with Crippen molar-refractivity contribution < 1.29 is 9.59 Å². The fraction of sp³-hybridized carbons (Fsp3) is 0.867. The minimum Gasteiger partial charge on any atom is -0.345 e. The van der Waals surface area contributed by atoms with E-state index >= 15 is 0 Å². The van der Waals surface area contributed by atoms with Gasteiger partial charge in [-0.3, -0.25) is 14.9 Å². The van der Waals surface area contributed by atoms with Crippen LogP contribution < -0.4 is 10.6 Å². The van der Waals surface area contributed by atoms with Crippen LogP contribution in [0, 0.1) is 11.3 Å². The van der Waals surface area contributed by atoms with E-state index < -0.39 is 11.5 Å². The Morgan fingerprint density at radius 1 is 1.00 bits per heavy atom. The fourth-order valence-electron chi connectivity index (χ4n) is 1.92. The highest BCUT2D eigenvalue weighted by Crippen LogP contribution is 2.18. The molecule has 5 heteroatoms. The van der Waals surface area contributed by atoms with Crippen LogP contribution in [0.3, 0.4) is 0 Å². The molecule has 0 aromatic carbocycles. The number of alkyl halides is 1. The van der Waals surface area contributed by atoms with Gasteiger partial charge in [-0.05, 0) is 26.7 Å². The summed E-state index contributed by atoms with van der Waals surface area (Å²) < 4.78 is -0.179. The van der Waals surface area contributed by atoms with E-state index in [0.717, 1.165) is 0 Å². The molecule has 0 rings (SSSR count). The first-order valence-corrected chi connectivity index (χ1v) is 8.15. The minimum absolute atomic E-state index is 0.0436. The number of carbonyl (C=O) groups is 2. The van der Waals surface area contributed by atoms with Crippen LogP contribution in [0.15, 0.2) is 0 Å². The lowest BCUT2D eigenvalue weighted by Gasteiger charge is -2.30. The Bertz CT molecular complexity index is 354. The van der Waals surface area contributed by atoms with Gasteiger partial charge in [-0.1, -0.05) is 57.2 Å². The molecule has 0 fully saturated rings. The van der Waals surface area contributed by atoms with Crippen LogP contribution in [0.4, 0.5) is 0 Å². The molecule has 0 aliphatic carbocycles. The van der Waals surface area contributed by atoms with Crippen molar-refractivity contribution in [1.82, 2.24) is 10.6 Å². The largest absolute Gasteiger partial charge is 0.345 e. The molecule has 0 spiro atoms. The molecule has 2 N–H and O–H groups in total. The van der Waals surface area contributed by atoms with Gasteiger partial charge in [0.05, 0.1) is 15.6 Å². The summed E-state index contributed by atoms with van der Waals surface area (Å²) in [4.78, 5) is 24.5. The Labute approximate surface area is 137 Å². The first kappa shape index (κ1) is 19.8. The Balaban J connectivity index is 4.83. The summed E-state index contributed by atoms with van der Waals surface area (Å²) in [6, 6.07) is -0.778. The third-order valence-corrected chi connectivity index (χ3v) is 3.25. The number of Topliss-reactive ketones (excluding diaryl/α,β-unsaturated/α-hetero) is 1. The first-order chi connectivity index (χ1) is 8.75. The van der Waals surface area contributed by atoms with E-state index in [0.29, 0.717) is 0 Å². The number of hydrogen-bond acceptors (Lipinski definition) is 3. The van der Waals surface area contributed by atoms with Crippen LogP contribution in [0.2, 0.25) is 0 Å². The number of rotatable bonds is 6. The van der Waals surface area contributed by atoms with Crippen molar-refractivity contribution in [2.24, 2.45) is 11.3 Å². The maximum atomic E-state index is 12.4. The molecule has 0 heterocycles. The van der Waals surface area contributed by atoms with Crippen LogP contribution in [0.25, 0.3) is 0 Å². The smallest absolute Gasteiger partial charge is 0.238 e. The van der Waals surface area contributed by atoms with Crippen LogP contribution >= 0.6 is 22.6 Å². The zero-order valence-corrected chi connectivity index (χ0v) is 16.1. The number of ketones is 1. The topological polar surface area (TPSA) is 58.2 Å². The van der Waals surface area contributed by atoms with E-state index in [-0.39, 0.29) is 27.2 Å². The van der Waals surface area contributed by atoms with Crippen LogP contribution in [-0.4, -0.2) is 27.3 Å². The second-order valence-corrected chi connectivity index (χ2v) is 9.88. The van der Waals surface area contributed by atoms with Gasteiger partial charge in [-0.15, -0.1) is 0 Å². The molecule has 4 nitrogen and oxygen atoms in total. The van der Waals surface area contributed by atoms with Crippen molar-refractivity contribution in [1.29, 1.82) is 0 Å². The molecule has 20 heavy (non-hydrogen) atoms. The van der Waals surface area contributed by atoms with Crippen LogP contribution in [-0.2, 0) is 9.59 Å². The summed E-state index contributed by atoms with van der Waals surface area (Å²) in [6.07, 6.45) is 0. The summed E-state index contributed by atoms with van der Waals surface area (Å²) >= 11 is 2.26. The van der Waals surface area contributed by atoms with Crippen LogP contribution in [0.1, 0.15) is 55.4 Å². The van der Waals surface area contributed by atoms with Gasteiger partial charge in [0.25, 0.3) is 0 Å². The monoisotopic (exact) mass is 396 g/mol. The average Bonchev–Trinajstić information content (AvgIpc) is 2.21. The molecule has 0 aromatic rings. The van der Waals surface area contributed by atoms with E-state index in [4.69, 9.17) is 0 Å². The third-order valence-electron chi connectivity index (χ3n) is 2.94. The van der Waals surface area contributed by atoms with Crippen LogP contribution in [0.5, 0.6) is 0 Å². The maximum absolute atomic E-state index is 12.4. The Morgan fingerprint density at radius 2 is 1.45 bits per heavy atom. The summed E-state index contributed by atoms with van der Waals surface area (Å²) in [5.41, 5.74) is -0.448. The van der Waals surface area contributed by atoms with Gasteiger partial charge in [0.2, 0.25) is 5.91 Å². The molecule has 118 valence electrons. The molecule has 2 atom stereocenters. The summed E-state index contributed by atoms with van der Waals surface area (Å²) in [7, 11) is 0. The lowest BCUT2D eigenvalue weighted by Crippen LogP contribution is -2.56. The average molecular weight is 396 g/mol. The quantitative estimate of drug-likeness (QED) is 0.413. The van der Waals surface area contributed by atoms with E-state index in [1.807, 2.05) is 48.5 Å². The molecule has 0 saturated carbocycles. The number of amides is 1. The molecular formula is C15H29IN2O2. The molecule has 0 aliphatic heterocycles. The number of carbonyl (C=O) groups excluding carboxylic acids is 2. The highest BCUT2D eigenvalue weighted by atomic mass is 127. The normalized spacial score (nSPS) is 15.9. The number of nitrogens with one attached hydrogen (secondary N) is 2. The predicted molar refractivity (Wildman–Crippen MR) is 91.9 cm³/mol. The summed E-state index contributed by atoms with van der Waals surface area (Å²) in [5.74, 6) is 0.0814. The molecule has 0 aromatic heterocycles. The Morgan fingerprint density at radius 3 is 1.75 bits per heavy atom. The SMILES string of the molecule is CC(NC(=O)C(NC(C)(C)I)C(C)C)C(=O)C(C)(C)C. The maximum Gasteiger partial charge on any atom is 0.238 e. The fourth-order valence-corrected chi connectivity index (χ4v) is 2.26. The molecule has 0 bridgehead atoms. The number of halogens is 1. The third kappa shape index (κ3) is 7.02. The summed E-state index contributed by atoms with van der Waals surface area (Å²) in [6.45, 7) is 15.4. The Kier molecular flexibility index (Phi) is 7.14. The lowest BCUT2D eigenvalue weighted by atomic mass is 9.87. The molecule has 1 amide bonds. The second kappa shape index (κ2) is 7.20. The number of hydrogen-bond donors (Lipinski definition) is 2. The van der Waals surface area contributed by atoms with Gasteiger partial charge in [0.1, 0.15) is 0 Å². The highest BCUT2D eigenvalue weighted by Gasteiger charge is 2.32. The second-order valence-electron chi connectivity index (χ2n) is 7.18. The zero-order chi connectivity index (χ0) is 16.3. The molecule has 2 unspecified atom stereocenters. The Hall–Kier alpha value is -0.170. The summed E-state index contributed by atoms with van der Waals surface area (Å²) in [5, 5.41) is 6.14. The van der Waals surface area contributed by atoms with E-state index in [1.54, 1.807) is 6.92 Å². The molecule has 0 radical (unpaired) electrons. The standard InChI is InChI=1S/C15H29IN2O2/c1-9(2)11(18-15(7,8)16)13(20)17-10(3)12(19)14(4,5)6/h9-11,18H,1-8H3,(H,17,20). The van der Waals surface area contributed by atoms with E-state index in [9.17, 15) is 9.59 Å². The van der Waals surface area contributed by atoms with Crippen molar-refractivity contribution in [2.45, 2.75) is 71.0 Å². The first-order valence-electron chi connectivity index (χ1n) is 7.07. The lowest BCUT2D eigenvalue weighted by molar-refractivity contribution is -0.133. The van der Waals surface area contributed by atoms with E-state index in [1.165, 1.54) is 0 Å². The molecular weight excluding hydrogens is 367 g/mol. The van der Waals surface area contributed by atoms with Gasteiger partial charge in [0.15, 0.2) is 5.78 Å². The van der Waals surface area contributed by atoms with E-state index in [2.05, 4.69) is 33.2 Å². The van der Waals surface area contributed by atoms with Gasteiger partial charge in [0, 0.05) is 5.41 Å². The van der Waals surface area contributed by atoms with Gasteiger partial charge >= 0.3 is 0 Å². The molecule has 0 aliphatic rings. The highest BCUT2D eigenvalue weighted by molar-refractivity contribution is 14.1. The van der Waals surface area contributed by atoms with Crippen molar-refractivity contribution >= 4 is 34.3 Å². The van der Waals surface area contributed by atoms with Gasteiger partial charge in [-0.2, -0.15) is 0 Å². The van der Waals surface area contributed by atoms with Crippen molar-refractivity contribution in [2.75, 3.05) is 0 Å². The zero-order valence-electron chi connectivity index (χ0n) is 13.9. The van der Waals surface area contributed by atoms with Crippen molar-refractivity contribution in [3.05, 3.63) is 0 Å². The van der Waals surface area contributed by atoms with Crippen molar-refractivity contribution in [3.8, 4) is 0 Å². The van der Waals surface area contributed by atoms with Gasteiger partial charge in [-0.25, -0.2) is 0 Å². The minimum atomic E-state index is -0.470.